The molecule has 0 aromatic heterocycles. The first-order valence-corrected chi connectivity index (χ1v) is 1.84. The van der Waals surface area contributed by atoms with Crippen LogP contribution in [-0.2, 0) is 4.46 Å². The van der Waals surface area contributed by atoms with E-state index >= 15 is 0 Å². The molecule has 0 amide bonds. The summed E-state index contributed by atoms with van der Waals surface area (Å²) in [6.45, 7) is 0. The van der Waals surface area contributed by atoms with Crippen molar-refractivity contribution in [3.63, 3.8) is 0 Å². The van der Waals surface area contributed by atoms with E-state index in [0.717, 1.165) is 0 Å². The van der Waals surface area contributed by atoms with Gasteiger partial charge in [0, 0.05) is 9.17 Å². The molecular weight excluding hydrogens is 170 g/mol. The molecule has 0 unspecified atom stereocenters. The smallest absolute Gasteiger partial charge is 0.672 e. The molecule has 0 bridgehead atoms. The Hall–Kier alpha value is 0.612. The zero-order valence-corrected chi connectivity index (χ0v) is 7.22. The Morgan fingerprint density at radius 1 is 0.727 bits per heavy atom. The van der Waals surface area contributed by atoms with Crippen LogP contribution in [-0.4, -0.2) is 36.6 Å². The minimum Gasteiger partial charge on any atom is -0.672 e. The van der Waals surface area contributed by atoms with Gasteiger partial charge in [0.05, 0.1) is 0 Å². The van der Waals surface area contributed by atoms with Crippen molar-refractivity contribution in [3.8, 4) is 0 Å². The second kappa shape index (κ2) is 75.2. The van der Waals surface area contributed by atoms with Crippen LogP contribution in [0.25, 0.3) is 0 Å². The molecule has 0 heterocycles. The van der Waals surface area contributed by atoms with E-state index in [9.17, 15) is 0 Å². The summed E-state index contributed by atoms with van der Waals surface area (Å²) < 4.78 is 8.52. The molecule has 0 rings (SSSR count). The van der Waals surface area contributed by atoms with Gasteiger partial charge in [-0.3, -0.25) is 0 Å². The molecular formula is H10Li2O8Si. The third kappa shape index (κ3) is 2100. The van der Waals surface area contributed by atoms with E-state index in [0.29, 0.717) is 0 Å². The SMILES string of the molecule is O.O.O.O.O.O=[Si]([O-])[O-].[Li+].[Li+]. The predicted octanol–water partition coefficient (Wildman–Crippen LogP) is -13.0. The molecule has 0 aliphatic heterocycles. The zero-order valence-electron chi connectivity index (χ0n) is 6.22. The van der Waals surface area contributed by atoms with Crippen molar-refractivity contribution in [2.45, 2.75) is 0 Å². The molecule has 8 nitrogen and oxygen atoms in total. The van der Waals surface area contributed by atoms with Crippen molar-refractivity contribution in [1.82, 2.24) is 0 Å². The standard InChI is InChI=1S/2Li.O3Si.5H2O/c;;1-4(2)3;;;;;/h;;;5*1H2/q2*+1;-2;;;;;. The summed E-state index contributed by atoms with van der Waals surface area (Å²) in [4.78, 5) is 17.0. The van der Waals surface area contributed by atoms with Gasteiger partial charge < -0.3 is 41.4 Å². The van der Waals surface area contributed by atoms with Crippen LogP contribution < -0.4 is 47.3 Å². The summed E-state index contributed by atoms with van der Waals surface area (Å²) in [7, 11) is -3.63. The van der Waals surface area contributed by atoms with Gasteiger partial charge in [-0.25, -0.2) is 0 Å². The van der Waals surface area contributed by atoms with Crippen molar-refractivity contribution in [2.75, 3.05) is 0 Å². The Morgan fingerprint density at radius 3 is 0.727 bits per heavy atom. The molecule has 0 aromatic carbocycles. The average molecular weight is 180 g/mol. The largest absolute Gasteiger partial charge is 1.00 e. The van der Waals surface area contributed by atoms with Gasteiger partial charge in [-0.15, -0.1) is 0 Å². The van der Waals surface area contributed by atoms with Crippen LogP contribution in [0.3, 0.4) is 0 Å². The van der Waals surface area contributed by atoms with E-state index in [4.69, 9.17) is 14.1 Å². The van der Waals surface area contributed by atoms with Gasteiger partial charge in [0.15, 0.2) is 0 Å². The van der Waals surface area contributed by atoms with Crippen molar-refractivity contribution in [2.24, 2.45) is 0 Å². The third-order valence-electron chi connectivity index (χ3n) is 0. The van der Waals surface area contributed by atoms with Gasteiger partial charge >= 0.3 is 37.7 Å². The van der Waals surface area contributed by atoms with Gasteiger partial charge in [0.25, 0.3) is 0 Å². The van der Waals surface area contributed by atoms with E-state index in [1.165, 1.54) is 0 Å². The Balaban J connectivity index is -0.00000000214. The average Bonchev–Trinajstić information content (AvgIpc) is 0.811. The molecule has 0 fully saturated rings. The first-order valence-electron chi connectivity index (χ1n) is 0.612. The molecule has 0 aromatic rings. The fourth-order valence-electron chi connectivity index (χ4n) is 0. The van der Waals surface area contributed by atoms with Gasteiger partial charge in [0.1, 0.15) is 0 Å². The Bertz CT molecular complexity index is 35.1. The van der Waals surface area contributed by atoms with Crippen LogP contribution in [0, 0.1) is 0 Å². The van der Waals surface area contributed by atoms with Crippen molar-refractivity contribution < 1.29 is 79.2 Å². The zero-order chi connectivity index (χ0) is 3.58. The first kappa shape index (κ1) is 100. The maximum Gasteiger partial charge on any atom is 1.00 e. The Morgan fingerprint density at radius 2 is 0.727 bits per heavy atom. The fraction of sp³-hybridized carbons (Fsp3) is 0. The maximum atomic E-state index is 8.52. The topological polar surface area (TPSA) is 221 Å². The van der Waals surface area contributed by atoms with Gasteiger partial charge in [-0.1, -0.05) is 0 Å². The monoisotopic (exact) mass is 180 g/mol. The second-order valence-electron chi connectivity index (χ2n) is 0.250. The Labute approximate surface area is 88.4 Å². The third-order valence-corrected chi connectivity index (χ3v) is 0. The van der Waals surface area contributed by atoms with E-state index < -0.39 is 9.17 Å². The van der Waals surface area contributed by atoms with Gasteiger partial charge in [-0.05, 0) is 0 Å². The number of hydrogen-bond donors (Lipinski definition) is 0. The van der Waals surface area contributed by atoms with Crippen LogP contribution in [0.5, 0.6) is 0 Å². The van der Waals surface area contributed by atoms with E-state index in [1.54, 1.807) is 0 Å². The van der Waals surface area contributed by atoms with Crippen LogP contribution in [0.2, 0.25) is 0 Å². The quantitative estimate of drug-likeness (QED) is 0.331. The number of hydrogen-bond acceptors (Lipinski definition) is 3. The summed E-state index contributed by atoms with van der Waals surface area (Å²) in [6.07, 6.45) is 0. The first-order chi connectivity index (χ1) is 1.73. The van der Waals surface area contributed by atoms with Gasteiger partial charge in [0.2, 0.25) is 0 Å². The minimum absolute atomic E-state index is 0. The molecule has 0 atom stereocenters. The normalized spacial score (nSPS) is 2.18. The molecule has 0 radical (unpaired) electrons. The predicted molar refractivity (Wildman–Crippen MR) is 24.5 cm³/mol. The molecule has 0 saturated heterocycles. The summed E-state index contributed by atoms with van der Waals surface area (Å²) in [5, 5.41) is 0. The summed E-state index contributed by atoms with van der Waals surface area (Å²) in [6, 6.07) is 0. The fourth-order valence-corrected chi connectivity index (χ4v) is 0. The van der Waals surface area contributed by atoms with Crippen molar-refractivity contribution in [1.29, 1.82) is 0 Å². The van der Waals surface area contributed by atoms with Crippen LogP contribution in [0.4, 0.5) is 0 Å². The molecule has 64 valence electrons. The van der Waals surface area contributed by atoms with E-state index in [2.05, 4.69) is 0 Å². The van der Waals surface area contributed by atoms with Crippen LogP contribution >= 0.6 is 0 Å². The van der Waals surface area contributed by atoms with E-state index in [1.807, 2.05) is 0 Å². The van der Waals surface area contributed by atoms with Gasteiger partial charge in [-0.2, -0.15) is 0 Å². The molecule has 10 N–H and O–H groups in total. The summed E-state index contributed by atoms with van der Waals surface area (Å²) in [5.41, 5.74) is 0. The number of rotatable bonds is 0. The summed E-state index contributed by atoms with van der Waals surface area (Å²) in [5.74, 6) is 0. The van der Waals surface area contributed by atoms with E-state index in [-0.39, 0.29) is 65.1 Å². The molecule has 11 heavy (non-hydrogen) atoms. The summed E-state index contributed by atoms with van der Waals surface area (Å²) >= 11 is 0. The Kier molecular flexibility index (Phi) is 685. The van der Waals surface area contributed by atoms with Crippen LogP contribution in [0.15, 0.2) is 0 Å². The maximum absolute atomic E-state index is 8.52. The molecule has 0 aliphatic rings. The minimum atomic E-state index is -3.63. The van der Waals surface area contributed by atoms with Crippen LogP contribution in [0.1, 0.15) is 0 Å². The molecule has 0 spiro atoms. The molecule has 0 aliphatic carbocycles. The molecule has 0 saturated carbocycles. The molecule has 11 heteroatoms. The second-order valence-corrected chi connectivity index (χ2v) is 0.750. The van der Waals surface area contributed by atoms with Crippen molar-refractivity contribution in [3.05, 3.63) is 0 Å². The van der Waals surface area contributed by atoms with Crippen molar-refractivity contribution >= 4 is 9.17 Å².